The number of hydrogen-bond acceptors (Lipinski definition) is 3. The van der Waals surface area contributed by atoms with E-state index in [0.29, 0.717) is 11.4 Å². The van der Waals surface area contributed by atoms with Crippen LogP contribution in [0, 0.1) is 5.82 Å². The normalized spacial score (nSPS) is 11.6. The van der Waals surface area contributed by atoms with Crippen molar-refractivity contribution in [3.8, 4) is 0 Å². The Hall–Kier alpha value is -2.40. The number of carbonyl (C=O) groups is 2. The zero-order valence-electron chi connectivity index (χ0n) is 13.8. The Balaban J connectivity index is 1.71. The van der Waals surface area contributed by atoms with Crippen LogP contribution in [0.3, 0.4) is 0 Å². The fourth-order valence-corrected chi connectivity index (χ4v) is 2.46. The van der Waals surface area contributed by atoms with Crippen molar-refractivity contribution in [3.05, 3.63) is 70.5 Å². The molecule has 2 aromatic rings. The summed E-state index contributed by atoms with van der Waals surface area (Å²) in [4.78, 5) is 23.6. The van der Waals surface area contributed by atoms with Crippen molar-refractivity contribution in [1.82, 2.24) is 5.32 Å². The molecule has 6 heteroatoms. The van der Waals surface area contributed by atoms with E-state index in [-0.39, 0.29) is 30.8 Å². The van der Waals surface area contributed by atoms with Crippen molar-refractivity contribution in [3.63, 3.8) is 0 Å². The van der Waals surface area contributed by atoms with Crippen LogP contribution in [0.4, 0.5) is 4.39 Å². The maximum absolute atomic E-state index is 12.8. The predicted molar refractivity (Wildman–Crippen MR) is 93.7 cm³/mol. The third-order valence-corrected chi connectivity index (χ3v) is 3.86. The summed E-state index contributed by atoms with van der Waals surface area (Å²) in [6.45, 7) is 1.48. The molecule has 1 atom stereocenters. The highest BCUT2D eigenvalue weighted by Crippen LogP contribution is 2.17. The van der Waals surface area contributed by atoms with Crippen LogP contribution in [0.25, 0.3) is 0 Å². The zero-order valence-corrected chi connectivity index (χ0v) is 14.6. The number of aryl methyl sites for hydroxylation is 1. The highest BCUT2D eigenvalue weighted by Gasteiger charge is 2.12. The van der Waals surface area contributed by atoms with Crippen molar-refractivity contribution in [2.24, 2.45) is 0 Å². The number of nitrogens with one attached hydrogen (secondary N) is 1. The number of ether oxygens (including phenoxy) is 1. The fourth-order valence-electron chi connectivity index (χ4n) is 2.26. The Morgan fingerprint density at radius 2 is 1.92 bits per heavy atom. The molecule has 0 unspecified atom stereocenters. The lowest BCUT2D eigenvalue weighted by Gasteiger charge is -2.14. The summed E-state index contributed by atoms with van der Waals surface area (Å²) in [5.74, 6) is -1.19. The number of halogens is 2. The van der Waals surface area contributed by atoms with Crippen molar-refractivity contribution in [2.75, 3.05) is 6.61 Å². The van der Waals surface area contributed by atoms with Gasteiger partial charge in [-0.3, -0.25) is 9.59 Å². The molecule has 0 aromatic heterocycles. The predicted octanol–water partition coefficient (Wildman–Crippen LogP) is 3.83. The minimum absolute atomic E-state index is 0.128. The molecule has 0 fully saturated rings. The zero-order chi connectivity index (χ0) is 18.2. The van der Waals surface area contributed by atoms with Gasteiger partial charge in [0, 0.05) is 11.4 Å². The van der Waals surface area contributed by atoms with E-state index in [1.54, 1.807) is 30.3 Å². The lowest BCUT2D eigenvalue weighted by Crippen LogP contribution is -2.31. The van der Waals surface area contributed by atoms with E-state index in [1.807, 2.05) is 13.0 Å². The van der Waals surface area contributed by atoms with Crippen LogP contribution in [-0.4, -0.2) is 18.5 Å². The van der Waals surface area contributed by atoms with E-state index >= 15 is 0 Å². The minimum atomic E-state index is -0.477. The monoisotopic (exact) mass is 363 g/mol. The lowest BCUT2D eigenvalue weighted by atomic mass is 10.1. The van der Waals surface area contributed by atoms with E-state index in [0.717, 1.165) is 11.1 Å². The van der Waals surface area contributed by atoms with Gasteiger partial charge in [-0.25, -0.2) is 4.39 Å². The number of amides is 1. The third-order valence-electron chi connectivity index (χ3n) is 3.62. The van der Waals surface area contributed by atoms with Crippen molar-refractivity contribution in [1.29, 1.82) is 0 Å². The molecule has 0 spiro atoms. The molecular formula is C19H19ClFNO3. The molecule has 1 amide bonds. The van der Waals surface area contributed by atoms with Gasteiger partial charge in [-0.1, -0.05) is 35.9 Å². The van der Waals surface area contributed by atoms with Gasteiger partial charge in [-0.2, -0.15) is 0 Å². The maximum Gasteiger partial charge on any atom is 0.306 e. The molecule has 2 rings (SSSR count). The lowest BCUT2D eigenvalue weighted by molar-refractivity contribution is -0.148. The van der Waals surface area contributed by atoms with E-state index in [1.165, 1.54) is 12.1 Å². The molecule has 0 aliphatic rings. The highest BCUT2D eigenvalue weighted by atomic mass is 35.5. The summed E-state index contributed by atoms with van der Waals surface area (Å²) < 4.78 is 17.8. The molecule has 0 aliphatic carbocycles. The molecule has 4 nitrogen and oxygen atoms in total. The molecule has 0 saturated heterocycles. The van der Waals surface area contributed by atoms with Crippen LogP contribution in [-0.2, 0) is 20.7 Å². The highest BCUT2D eigenvalue weighted by molar-refractivity contribution is 6.30. The topological polar surface area (TPSA) is 55.4 Å². The first-order chi connectivity index (χ1) is 11.9. The molecular weight excluding hydrogens is 345 g/mol. The Bertz CT molecular complexity index is 734. The third kappa shape index (κ3) is 6.55. The first-order valence-corrected chi connectivity index (χ1v) is 8.27. The van der Waals surface area contributed by atoms with Gasteiger partial charge in [0.05, 0.1) is 6.04 Å². The van der Waals surface area contributed by atoms with Crippen molar-refractivity contribution < 1.29 is 18.7 Å². The van der Waals surface area contributed by atoms with Crippen LogP contribution >= 0.6 is 11.6 Å². The first kappa shape index (κ1) is 18.9. The van der Waals surface area contributed by atoms with Gasteiger partial charge in [-0.15, -0.1) is 0 Å². The van der Waals surface area contributed by atoms with E-state index in [4.69, 9.17) is 16.3 Å². The molecule has 0 aliphatic heterocycles. The maximum atomic E-state index is 12.8. The Morgan fingerprint density at radius 3 is 2.60 bits per heavy atom. The number of benzene rings is 2. The molecule has 2 aromatic carbocycles. The standard InChI is InChI=1S/C19H19ClFNO3/c1-13(15-3-2-4-16(20)11-15)22-18(23)12-25-19(24)10-7-14-5-8-17(21)9-6-14/h2-6,8-9,11,13H,7,10,12H2,1H3,(H,22,23)/t13-/m1/s1. The smallest absolute Gasteiger partial charge is 0.306 e. The van der Waals surface area contributed by atoms with Crippen LogP contribution < -0.4 is 5.32 Å². The van der Waals surface area contributed by atoms with Gasteiger partial charge in [-0.05, 0) is 48.7 Å². The van der Waals surface area contributed by atoms with E-state index in [9.17, 15) is 14.0 Å². The number of carbonyl (C=O) groups excluding carboxylic acids is 2. The minimum Gasteiger partial charge on any atom is -0.456 e. The Kier molecular flexibility index (Phi) is 6.95. The van der Waals surface area contributed by atoms with Crippen LogP contribution in [0.5, 0.6) is 0 Å². The number of hydrogen-bond donors (Lipinski definition) is 1. The molecule has 0 heterocycles. The van der Waals surface area contributed by atoms with Crippen LogP contribution in [0.2, 0.25) is 5.02 Å². The summed E-state index contributed by atoms with van der Waals surface area (Å²) >= 11 is 5.92. The summed E-state index contributed by atoms with van der Waals surface area (Å²) in [6, 6.07) is 12.8. The van der Waals surface area contributed by atoms with Gasteiger partial charge in [0.25, 0.3) is 5.91 Å². The van der Waals surface area contributed by atoms with E-state index < -0.39 is 5.97 Å². The second kappa shape index (κ2) is 9.18. The summed E-state index contributed by atoms with van der Waals surface area (Å²) in [7, 11) is 0. The summed E-state index contributed by atoms with van der Waals surface area (Å²) in [6.07, 6.45) is 0.558. The Labute approximate surface area is 150 Å². The molecule has 0 bridgehead atoms. The van der Waals surface area contributed by atoms with E-state index in [2.05, 4.69) is 5.32 Å². The fraction of sp³-hybridized carbons (Fsp3) is 0.263. The van der Waals surface area contributed by atoms with Crippen molar-refractivity contribution >= 4 is 23.5 Å². The second-order valence-electron chi connectivity index (χ2n) is 5.63. The van der Waals surface area contributed by atoms with Crippen molar-refractivity contribution in [2.45, 2.75) is 25.8 Å². The number of esters is 1. The number of rotatable bonds is 7. The van der Waals surface area contributed by atoms with Gasteiger partial charge < -0.3 is 10.1 Å². The summed E-state index contributed by atoms with van der Waals surface area (Å²) in [5, 5.41) is 3.33. The van der Waals surface area contributed by atoms with Gasteiger partial charge >= 0.3 is 5.97 Å². The summed E-state index contributed by atoms with van der Waals surface area (Å²) in [5.41, 5.74) is 1.70. The van der Waals surface area contributed by atoms with Crippen LogP contribution in [0.1, 0.15) is 30.5 Å². The quantitative estimate of drug-likeness (QED) is 0.760. The average Bonchev–Trinajstić information content (AvgIpc) is 2.59. The first-order valence-electron chi connectivity index (χ1n) is 7.89. The molecule has 0 saturated carbocycles. The SMILES string of the molecule is C[C@@H](NC(=O)COC(=O)CCc1ccc(F)cc1)c1cccc(Cl)c1. The van der Waals surface area contributed by atoms with Gasteiger partial charge in [0.15, 0.2) is 6.61 Å². The Morgan fingerprint density at radius 1 is 1.20 bits per heavy atom. The molecule has 0 radical (unpaired) electrons. The van der Waals surface area contributed by atoms with Crippen LogP contribution in [0.15, 0.2) is 48.5 Å². The average molecular weight is 364 g/mol. The molecule has 25 heavy (non-hydrogen) atoms. The molecule has 1 N–H and O–H groups in total. The van der Waals surface area contributed by atoms with Gasteiger partial charge in [0.2, 0.25) is 0 Å². The molecule has 132 valence electrons. The largest absolute Gasteiger partial charge is 0.456 e. The second-order valence-corrected chi connectivity index (χ2v) is 6.07. The van der Waals surface area contributed by atoms with Gasteiger partial charge in [0.1, 0.15) is 5.82 Å².